The third kappa shape index (κ3) is 7.41. The van der Waals surface area contributed by atoms with Crippen LogP contribution < -0.4 is 4.90 Å². The lowest BCUT2D eigenvalue weighted by atomic mass is 10.00. The van der Waals surface area contributed by atoms with E-state index in [4.69, 9.17) is 19.8 Å². The molecule has 0 amide bonds. The molecule has 0 spiro atoms. The molecule has 0 unspecified atom stereocenters. The molecule has 0 aromatic heterocycles. The summed E-state index contributed by atoms with van der Waals surface area (Å²) < 4.78 is 53.7. The van der Waals surface area contributed by atoms with Gasteiger partial charge in [-0.3, -0.25) is 9.80 Å². The number of rotatable bonds is 4. The van der Waals surface area contributed by atoms with Crippen molar-refractivity contribution < 1.29 is 37.4 Å². The Balaban J connectivity index is 0.000000538. The van der Waals surface area contributed by atoms with Gasteiger partial charge >= 0.3 is 18.1 Å². The molecule has 0 radical (unpaired) electrons. The fraction of sp³-hybridized carbons (Fsp3) is 0.440. The van der Waals surface area contributed by atoms with Crippen molar-refractivity contribution in [3.63, 3.8) is 0 Å². The summed E-state index contributed by atoms with van der Waals surface area (Å²) in [5.74, 6) is -3.83. The molecule has 0 aliphatic carbocycles. The molecule has 2 aromatic rings. The van der Waals surface area contributed by atoms with Crippen molar-refractivity contribution in [1.29, 1.82) is 0 Å². The summed E-state index contributed by atoms with van der Waals surface area (Å²) in [5, 5.41) is 14.8. The van der Waals surface area contributed by atoms with Gasteiger partial charge in [-0.15, -0.1) is 0 Å². The van der Waals surface area contributed by atoms with Crippen molar-refractivity contribution in [2.75, 3.05) is 44.2 Å². The fourth-order valence-corrected chi connectivity index (χ4v) is 4.65. The molecule has 36 heavy (non-hydrogen) atoms. The Bertz CT molecular complexity index is 1020. The number of carbonyl (C=O) groups is 2. The molecule has 2 heterocycles. The normalized spacial score (nSPS) is 17.8. The number of benzene rings is 2. The van der Waals surface area contributed by atoms with Crippen LogP contribution in [0.2, 0.25) is 0 Å². The van der Waals surface area contributed by atoms with Gasteiger partial charge in [-0.25, -0.2) is 14.0 Å². The number of para-hydroxylation sites is 1. The summed E-state index contributed by atoms with van der Waals surface area (Å²) in [7, 11) is 0. The van der Waals surface area contributed by atoms with Crippen LogP contribution in [-0.4, -0.2) is 77.3 Å². The number of likely N-dealkylation sites (tertiary alicyclic amines) is 1. The van der Waals surface area contributed by atoms with E-state index in [1.807, 2.05) is 12.1 Å². The average molecular weight is 512 g/mol. The Morgan fingerprint density at radius 2 is 1.39 bits per heavy atom. The zero-order chi connectivity index (χ0) is 26.3. The molecule has 2 N–H and O–H groups in total. The minimum absolute atomic E-state index is 0.182. The molecule has 11 heteroatoms. The summed E-state index contributed by atoms with van der Waals surface area (Å²) in [6, 6.07) is 13.2. The quantitative estimate of drug-likeness (QED) is 0.478. The Kier molecular flexibility index (Phi) is 9.27. The largest absolute Gasteiger partial charge is 0.473 e. The fourth-order valence-electron chi connectivity index (χ4n) is 4.65. The highest BCUT2D eigenvalue weighted by molar-refractivity contribution is 6.27. The van der Waals surface area contributed by atoms with Crippen molar-refractivity contribution in [3.05, 3.63) is 65.5 Å². The lowest BCUT2D eigenvalue weighted by molar-refractivity contribution is -0.159. The van der Waals surface area contributed by atoms with Gasteiger partial charge in [0.25, 0.3) is 0 Å². The maximum atomic E-state index is 14.0. The summed E-state index contributed by atoms with van der Waals surface area (Å²) in [4.78, 5) is 24.9. The molecule has 196 valence electrons. The monoisotopic (exact) mass is 511 g/mol. The highest BCUT2D eigenvalue weighted by Gasteiger charge is 2.34. The number of hydrogen-bond donors (Lipinski definition) is 2. The maximum absolute atomic E-state index is 14.0. The molecule has 0 atom stereocenters. The molecular weight excluding hydrogens is 482 g/mol. The van der Waals surface area contributed by atoms with E-state index in [9.17, 15) is 17.6 Å². The average Bonchev–Trinajstić information content (AvgIpc) is 2.85. The van der Waals surface area contributed by atoms with Gasteiger partial charge in [0, 0.05) is 38.8 Å². The van der Waals surface area contributed by atoms with E-state index in [-0.39, 0.29) is 5.82 Å². The van der Waals surface area contributed by atoms with Crippen molar-refractivity contribution >= 4 is 17.6 Å². The van der Waals surface area contributed by atoms with Gasteiger partial charge in [-0.1, -0.05) is 30.3 Å². The van der Waals surface area contributed by atoms with Gasteiger partial charge in [-0.05, 0) is 49.7 Å². The van der Waals surface area contributed by atoms with E-state index in [0.717, 1.165) is 58.2 Å². The smallest absolute Gasteiger partial charge is 0.416 e. The zero-order valence-corrected chi connectivity index (χ0v) is 19.6. The molecule has 2 aromatic carbocycles. The lowest BCUT2D eigenvalue weighted by Gasteiger charge is -2.43. The van der Waals surface area contributed by atoms with Gasteiger partial charge in [0.05, 0.1) is 11.3 Å². The van der Waals surface area contributed by atoms with Gasteiger partial charge in [-0.2, -0.15) is 13.2 Å². The Morgan fingerprint density at radius 3 is 1.94 bits per heavy atom. The molecule has 4 rings (SSSR count). The van der Waals surface area contributed by atoms with Crippen molar-refractivity contribution in [2.24, 2.45) is 0 Å². The van der Waals surface area contributed by atoms with Gasteiger partial charge in [0.15, 0.2) is 0 Å². The minimum Gasteiger partial charge on any atom is -0.473 e. The number of alkyl halides is 3. The molecule has 2 aliphatic rings. The second kappa shape index (κ2) is 12.2. The number of hydrogen-bond acceptors (Lipinski definition) is 5. The third-order valence-electron chi connectivity index (χ3n) is 6.48. The van der Waals surface area contributed by atoms with Crippen LogP contribution in [0.15, 0.2) is 48.5 Å². The molecular formula is C25H29F4N3O4. The summed E-state index contributed by atoms with van der Waals surface area (Å²) in [6.07, 6.45) is -2.41. The Hall–Kier alpha value is -3.18. The third-order valence-corrected chi connectivity index (χ3v) is 6.48. The molecule has 2 fully saturated rings. The number of carboxylic acid groups (broad SMARTS) is 2. The van der Waals surface area contributed by atoms with Crippen LogP contribution in [0.25, 0.3) is 0 Å². The van der Waals surface area contributed by atoms with Crippen molar-refractivity contribution in [2.45, 2.75) is 31.6 Å². The van der Waals surface area contributed by atoms with E-state index in [1.54, 1.807) is 18.2 Å². The SMILES string of the molecule is Fc1ccccc1N1CCN(C2CCN(Cc3ccccc3C(F)(F)F)CC2)CC1.O=C(O)C(=O)O. The van der Waals surface area contributed by atoms with E-state index in [2.05, 4.69) is 14.7 Å². The van der Waals surface area contributed by atoms with E-state index >= 15 is 0 Å². The summed E-state index contributed by atoms with van der Waals surface area (Å²) >= 11 is 0. The predicted octanol–water partition coefficient (Wildman–Crippen LogP) is 3.79. The number of aliphatic carboxylic acids is 2. The number of nitrogens with zero attached hydrogens (tertiary/aromatic N) is 3. The number of halogens is 4. The maximum Gasteiger partial charge on any atom is 0.416 e. The minimum atomic E-state index is -4.31. The van der Waals surface area contributed by atoms with Crippen LogP contribution in [-0.2, 0) is 22.3 Å². The molecule has 2 saturated heterocycles. The summed E-state index contributed by atoms with van der Waals surface area (Å²) in [5.41, 5.74) is 0.480. The van der Waals surface area contributed by atoms with Crippen LogP contribution >= 0.6 is 0 Å². The van der Waals surface area contributed by atoms with Crippen LogP contribution in [0.3, 0.4) is 0 Å². The van der Waals surface area contributed by atoms with Crippen LogP contribution in [0.4, 0.5) is 23.2 Å². The van der Waals surface area contributed by atoms with Crippen LogP contribution in [0.1, 0.15) is 24.0 Å². The first kappa shape index (κ1) is 27.4. The lowest BCUT2D eigenvalue weighted by Crippen LogP contribution is -2.53. The Labute approximate surface area is 206 Å². The highest BCUT2D eigenvalue weighted by atomic mass is 19.4. The molecule has 7 nitrogen and oxygen atoms in total. The zero-order valence-electron chi connectivity index (χ0n) is 19.6. The van der Waals surface area contributed by atoms with Crippen LogP contribution in [0, 0.1) is 5.82 Å². The number of piperazine rings is 1. The van der Waals surface area contributed by atoms with Gasteiger partial charge in [0.2, 0.25) is 0 Å². The van der Waals surface area contributed by atoms with Gasteiger partial charge < -0.3 is 15.1 Å². The topological polar surface area (TPSA) is 84.3 Å². The second-order valence-corrected chi connectivity index (χ2v) is 8.75. The van der Waals surface area contributed by atoms with E-state index in [0.29, 0.717) is 23.8 Å². The number of anilines is 1. The number of piperidine rings is 1. The first-order chi connectivity index (χ1) is 17.1. The Morgan fingerprint density at radius 1 is 0.833 bits per heavy atom. The predicted molar refractivity (Wildman–Crippen MR) is 125 cm³/mol. The van der Waals surface area contributed by atoms with E-state index in [1.165, 1.54) is 12.1 Å². The standard InChI is InChI=1S/C23H27F4N3.C2H2O4/c24-21-7-3-4-8-22(21)30-15-13-29(14-16-30)19-9-11-28(12-10-19)17-18-5-1-2-6-20(18)23(25,26)27;3-1(4)2(5)6/h1-8,19H,9-17H2;(H,3,4)(H,5,6). The van der Waals surface area contributed by atoms with Gasteiger partial charge in [0.1, 0.15) is 5.82 Å². The van der Waals surface area contributed by atoms with E-state index < -0.39 is 23.7 Å². The number of carboxylic acids is 2. The molecule has 0 saturated carbocycles. The van der Waals surface area contributed by atoms with Crippen molar-refractivity contribution in [3.8, 4) is 0 Å². The first-order valence-electron chi connectivity index (χ1n) is 11.6. The summed E-state index contributed by atoms with van der Waals surface area (Å²) in [6.45, 7) is 5.28. The molecule has 0 bridgehead atoms. The molecule has 2 aliphatic heterocycles. The van der Waals surface area contributed by atoms with Crippen LogP contribution in [0.5, 0.6) is 0 Å². The highest BCUT2D eigenvalue weighted by Crippen LogP contribution is 2.33. The van der Waals surface area contributed by atoms with Crippen molar-refractivity contribution in [1.82, 2.24) is 9.80 Å². The second-order valence-electron chi connectivity index (χ2n) is 8.75. The first-order valence-corrected chi connectivity index (χ1v) is 11.6.